The Labute approximate surface area is 168 Å². The lowest BCUT2D eigenvalue weighted by Crippen LogP contribution is -2.38. The molecule has 8 heteroatoms. The summed E-state index contributed by atoms with van der Waals surface area (Å²) < 4.78 is 40.8. The monoisotopic (exact) mass is 408 g/mol. The number of aryl methyl sites for hydroxylation is 1. The van der Waals surface area contributed by atoms with Crippen molar-refractivity contribution in [2.75, 3.05) is 13.1 Å². The van der Waals surface area contributed by atoms with Crippen molar-refractivity contribution in [1.82, 2.24) is 19.5 Å². The Morgan fingerprint density at radius 3 is 2.52 bits per heavy atom. The largest absolute Gasteiger partial charge is 0.391 e. The van der Waals surface area contributed by atoms with Crippen LogP contribution >= 0.6 is 0 Å². The number of carbonyl (C=O) groups is 1. The van der Waals surface area contributed by atoms with Crippen LogP contribution in [-0.2, 0) is 4.79 Å². The molecule has 2 unspecified atom stereocenters. The molecule has 0 radical (unpaired) electrons. The summed E-state index contributed by atoms with van der Waals surface area (Å²) in [7, 11) is 0. The molecule has 2 aliphatic rings. The van der Waals surface area contributed by atoms with Gasteiger partial charge >= 0.3 is 6.18 Å². The summed E-state index contributed by atoms with van der Waals surface area (Å²) in [6.45, 7) is 5.54. The van der Waals surface area contributed by atoms with Gasteiger partial charge in [0.25, 0.3) is 0 Å². The predicted molar refractivity (Wildman–Crippen MR) is 103 cm³/mol. The number of amides is 1. The third-order valence-corrected chi connectivity index (χ3v) is 6.73. The Hall–Kier alpha value is -2.12. The molecule has 0 aromatic carbocycles. The molecular weight excluding hydrogens is 381 g/mol. The molecule has 0 bridgehead atoms. The molecule has 2 fully saturated rings. The lowest BCUT2D eigenvalue weighted by atomic mass is 9.80. The number of fused-ring (bicyclic) bond motifs is 1. The van der Waals surface area contributed by atoms with Crippen molar-refractivity contribution in [3.05, 3.63) is 29.2 Å². The first-order chi connectivity index (χ1) is 13.8. The molecule has 0 N–H and O–H groups in total. The standard InChI is InChI=1S/C21H27F3N4O/c1-13-7-8-27(12-29)11-17(13)19-9-14(2)25-20-10-18(26-28(19)20)15-3-5-16(6-4-15)21(22,23)24/h9-10,12-13,15-17H,3-8,11H2,1-2H3. The van der Waals surface area contributed by atoms with Gasteiger partial charge in [-0.3, -0.25) is 4.79 Å². The summed E-state index contributed by atoms with van der Waals surface area (Å²) in [5, 5.41) is 4.79. The van der Waals surface area contributed by atoms with E-state index in [0.717, 1.165) is 42.1 Å². The van der Waals surface area contributed by atoms with Crippen molar-refractivity contribution in [3.8, 4) is 0 Å². The molecule has 158 valence electrons. The lowest BCUT2D eigenvalue weighted by molar-refractivity contribution is -0.182. The second-order valence-electron chi connectivity index (χ2n) is 8.72. The highest BCUT2D eigenvalue weighted by Crippen LogP contribution is 2.43. The molecule has 0 spiro atoms. The summed E-state index contributed by atoms with van der Waals surface area (Å²) in [5.41, 5.74) is 3.49. The van der Waals surface area contributed by atoms with Crippen molar-refractivity contribution in [2.24, 2.45) is 11.8 Å². The average molecular weight is 408 g/mol. The minimum Gasteiger partial charge on any atom is -0.345 e. The first-order valence-corrected chi connectivity index (χ1v) is 10.4. The van der Waals surface area contributed by atoms with Crippen LogP contribution < -0.4 is 0 Å². The van der Waals surface area contributed by atoms with Crippen LogP contribution in [-0.4, -0.2) is 45.2 Å². The van der Waals surface area contributed by atoms with Crippen LogP contribution in [0.15, 0.2) is 12.1 Å². The van der Waals surface area contributed by atoms with Gasteiger partial charge in [0.2, 0.25) is 6.41 Å². The zero-order valence-electron chi connectivity index (χ0n) is 16.8. The van der Waals surface area contributed by atoms with Crippen LogP contribution in [0.4, 0.5) is 13.2 Å². The van der Waals surface area contributed by atoms with E-state index in [1.165, 1.54) is 0 Å². The minimum absolute atomic E-state index is 0.0405. The Morgan fingerprint density at radius 1 is 1.14 bits per heavy atom. The summed E-state index contributed by atoms with van der Waals surface area (Å²) in [5.74, 6) is -0.583. The highest BCUT2D eigenvalue weighted by atomic mass is 19.4. The molecule has 4 rings (SSSR count). The first kappa shape index (κ1) is 20.2. The summed E-state index contributed by atoms with van der Waals surface area (Å²) in [6, 6.07) is 3.96. The number of halogens is 3. The second kappa shape index (κ2) is 7.61. The molecule has 29 heavy (non-hydrogen) atoms. The zero-order chi connectivity index (χ0) is 20.8. The molecule has 2 aromatic rings. The number of nitrogens with zero attached hydrogens (tertiary/aromatic N) is 4. The third kappa shape index (κ3) is 3.98. The normalized spacial score (nSPS) is 28.7. The minimum atomic E-state index is -4.10. The van der Waals surface area contributed by atoms with Crippen LogP contribution in [0.5, 0.6) is 0 Å². The van der Waals surface area contributed by atoms with Gasteiger partial charge in [-0.1, -0.05) is 6.92 Å². The van der Waals surface area contributed by atoms with Gasteiger partial charge in [-0.25, -0.2) is 9.50 Å². The molecule has 1 aliphatic carbocycles. The Bertz CT molecular complexity index is 886. The highest BCUT2D eigenvalue weighted by Gasteiger charge is 2.42. The molecule has 1 saturated heterocycles. The van der Waals surface area contributed by atoms with E-state index in [9.17, 15) is 18.0 Å². The van der Waals surface area contributed by atoms with E-state index in [2.05, 4.69) is 11.9 Å². The maximum absolute atomic E-state index is 13.0. The van der Waals surface area contributed by atoms with Crippen LogP contribution in [0.25, 0.3) is 5.65 Å². The molecule has 1 saturated carbocycles. The topological polar surface area (TPSA) is 50.5 Å². The van der Waals surface area contributed by atoms with Crippen LogP contribution in [0.1, 0.15) is 67.9 Å². The van der Waals surface area contributed by atoms with Gasteiger partial charge in [0.05, 0.1) is 17.3 Å². The summed E-state index contributed by atoms with van der Waals surface area (Å²) >= 11 is 0. The zero-order valence-corrected chi connectivity index (χ0v) is 16.8. The molecule has 2 aromatic heterocycles. The SMILES string of the molecule is Cc1cc(C2CN(C=O)CCC2C)n2nc(C3CCC(C(F)(F)F)CC3)cc2n1. The molecule has 1 aliphatic heterocycles. The Kier molecular flexibility index (Phi) is 5.29. The van der Waals surface area contributed by atoms with Gasteiger partial charge in [-0.05, 0) is 51.0 Å². The Morgan fingerprint density at radius 2 is 1.86 bits per heavy atom. The average Bonchev–Trinajstić information content (AvgIpc) is 3.11. The maximum atomic E-state index is 13.0. The summed E-state index contributed by atoms with van der Waals surface area (Å²) in [6.07, 6.45) is -0.941. The van der Waals surface area contributed by atoms with Crippen LogP contribution in [0.2, 0.25) is 0 Å². The van der Waals surface area contributed by atoms with Crippen molar-refractivity contribution >= 4 is 12.1 Å². The number of rotatable bonds is 3. The fourth-order valence-electron chi connectivity index (χ4n) is 4.90. The van der Waals surface area contributed by atoms with E-state index in [-0.39, 0.29) is 24.7 Å². The fraction of sp³-hybridized carbons (Fsp3) is 0.667. The summed E-state index contributed by atoms with van der Waals surface area (Å²) in [4.78, 5) is 17.7. The van der Waals surface area contributed by atoms with E-state index >= 15 is 0 Å². The van der Waals surface area contributed by atoms with Crippen molar-refractivity contribution in [2.45, 2.75) is 64.0 Å². The highest BCUT2D eigenvalue weighted by molar-refractivity contribution is 5.48. The molecule has 2 atom stereocenters. The maximum Gasteiger partial charge on any atom is 0.391 e. The Balaban J connectivity index is 1.63. The molecule has 1 amide bonds. The number of hydrogen-bond acceptors (Lipinski definition) is 3. The van der Waals surface area contributed by atoms with Crippen molar-refractivity contribution < 1.29 is 18.0 Å². The van der Waals surface area contributed by atoms with Crippen molar-refractivity contribution in [1.29, 1.82) is 0 Å². The number of aromatic nitrogens is 3. The van der Waals surface area contributed by atoms with Gasteiger partial charge in [0.15, 0.2) is 5.65 Å². The number of likely N-dealkylation sites (tertiary alicyclic amines) is 1. The third-order valence-electron chi connectivity index (χ3n) is 6.73. The lowest BCUT2D eigenvalue weighted by Gasteiger charge is -2.35. The van der Waals surface area contributed by atoms with Gasteiger partial charge in [0.1, 0.15) is 0 Å². The van der Waals surface area contributed by atoms with Crippen molar-refractivity contribution in [3.63, 3.8) is 0 Å². The smallest absolute Gasteiger partial charge is 0.345 e. The molecule has 3 heterocycles. The van der Waals surface area contributed by atoms with Gasteiger partial charge in [-0.15, -0.1) is 0 Å². The van der Waals surface area contributed by atoms with Crippen LogP contribution in [0, 0.1) is 18.8 Å². The number of carbonyl (C=O) groups excluding carboxylic acids is 1. The second-order valence-corrected chi connectivity index (χ2v) is 8.72. The number of piperidine rings is 1. The van der Waals surface area contributed by atoms with Crippen LogP contribution in [0.3, 0.4) is 0 Å². The van der Waals surface area contributed by atoms with E-state index in [4.69, 9.17) is 5.10 Å². The van der Waals surface area contributed by atoms with E-state index in [1.54, 1.807) is 4.90 Å². The van der Waals surface area contributed by atoms with E-state index < -0.39 is 12.1 Å². The number of hydrogen-bond donors (Lipinski definition) is 0. The molecule has 5 nitrogen and oxygen atoms in total. The fourth-order valence-corrected chi connectivity index (χ4v) is 4.90. The quantitative estimate of drug-likeness (QED) is 0.705. The number of alkyl halides is 3. The van der Waals surface area contributed by atoms with Gasteiger partial charge in [-0.2, -0.15) is 18.3 Å². The molecular formula is C21H27F3N4O. The first-order valence-electron chi connectivity index (χ1n) is 10.4. The predicted octanol–water partition coefficient (Wildman–Crippen LogP) is 4.46. The van der Waals surface area contributed by atoms with E-state index in [0.29, 0.717) is 25.3 Å². The van der Waals surface area contributed by atoms with Gasteiger partial charge < -0.3 is 4.90 Å². The van der Waals surface area contributed by atoms with Gasteiger partial charge in [0, 0.05) is 36.7 Å². The van der Waals surface area contributed by atoms with E-state index in [1.807, 2.05) is 23.6 Å².